The summed E-state index contributed by atoms with van der Waals surface area (Å²) in [4.78, 5) is 14.9. The minimum atomic E-state index is -3.69. The Kier molecular flexibility index (Phi) is 5.48. The molecule has 3 aromatic carbocycles. The first-order valence-corrected chi connectivity index (χ1v) is 12.1. The molecule has 166 valence electrons. The van der Waals surface area contributed by atoms with Gasteiger partial charge in [-0.25, -0.2) is 8.42 Å². The average molecular weight is 453 g/mol. The molecule has 0 atom stereocenters. The fourth-order valence-electron chi connectivity index (χ4n) is 4.09. The summed E-state index contributed by atoms with van der Waals surface area (Å²) in [5, 5.41) is 2.09. The summed E-state index contributed by atoms with van der Waals surface area (Å²) in [6, 6.07) is 18.3. The maximum absolute atomic E-state index is 13.2. The van der Waals surface area contributed by atoms with Crippen LogP contribution in [0.5, 0.6) is 11.5 Å². The Morgan fingerprint density at radius 3 is 2.28 bits per heavy atom. The van der Waals surface area contributed by atoms with Crippen LogP contribution in [0.4, 0.5) is 0 Å². The standard InChI is InChI=1S/C24H24N2O5S/c27-24(20-7-6-18-4-1-2-5-19(18)16-20)25-10-12-26(13-11-25)32(28,29)21-8-9-22-23(17-21)31-15-3-14-30-22/h1-2,4-9,16-17H,3,10-15H2. The molecule has 0 bridgehead atoms. The van der Waals surface area contributed by atoms with Gasteiger partial charge in [0.2, 0.25) is 10.0 Å². The number of nitrogens with zero attached hydrogens (tertiary/aromatic N) is 2. The van der Waals surface area contributed by atoms with Gasteiger partial charge in [-0.15, -0.1) is 0 Å². The number of benzene rings is 3. The molecule has 0 radical (unpaired) electrons. The molecule has 32 heavy (non-hydrogen) atoms. The van der Waals surface area contributed by atoms with E-state index in [1.54, 1.807) is 17.0 Å². The second-order valence-corrected chi connectivity index (χ2v) is 9.86. The van der Waals surface area contributed by atoms with E-state index >= 15 is 0 Å². The maximum atomic E-state index is 13.2. The number of rotatable bonds is 3. The van der Waals surface area contributed by atoms with Crippen LogP contribution in [0.25, 0.3) is 10.8 Å². The third-order valence-corrected chi connectivity index (χ3v) is 7.77. The zero-order valence-electron chi connectivity index (χ0n) is 17.6. The van der Waals surface area contributed by atoms with Crippen LogP contribution >= 0.6 is 0 Å². The second kappa shape index (κ2) is 8.44. The number of hydrogen-bond donors (Lipinski definition) is 0. The van der Waals surface area contributed by atoms with Crippen LogP contribution in [-0.2, 0) is 10.0 Å². The molecule has 1 amide bonds. The SMILES string of the molecule is O=C(c1ccc2ccccc2c1)N1CCN(S(=O)(=O)c2ccc3c(c2)OCCCO3)CC1. The van der Waals surface area contributed by atoms with Crippen molar-refractivity contribution in [2.24, 2.45) is 0 Å². The molecular formula is C24H24N2O5S. The summed E-state index contributed by atoms with van der Waals surface area (Å²) < 4.78 is 39.0. The van der Waals surface area contributed by atoms with Crippen LogP contribution in [0.3, 0.4) is 0 Å². The summed E-state index contributed by atoms with van der Waals surface area (Å²) in [7, 11) is -3.69. The smallest absolute Gasteiger partial charge is 0.253 e. The molecular weight excluding hydrogens is 428 g/mol. The summed E-state index contributed by atoms with van der Waals surface area (Å²) in [6.07, 6.45) is 0.754. The molecule has 0 unspecified atom stereocenters. The van der Waals surface area contributed by atoms with Crippen molar-refractivity contribution in [1.29, 1.82) is 0 Å². The number of piperazine rings is 1. The summed E-state index contributed by atoms with van der Waals surface area (Å²) in [5.41, 5.74) is 0.614. The monoisotopic (exact) mass is 452 g/mol. The van der Waals surface area contributed by atoms with Crippen molar-refractivity contribution in [3.63, 3.8) is 0 Å². The Bertz CT molecular complexity index is 1270. The van der Waals surface area contributed by atoms with Crippen molar-refractivity contribution in [2.45, 2.75) is 11.3 Å². The van der Waals surface area contributed by atoms with Crippen LogP contribution in [-0.4, -0.2) is 62.9 Å². The Hall–Kier alpha value is -3.10. The van der Waals surface area contributed by atoms with Gasteiger partial charge in [0.05, 0.1) is 18.1 Å². The molecule has 2 aliphatic rings. The lowest BCUT2D eigenvalue weighted by molar-refractivity contribution is 0.0698. The predicted molar refractivity (Wildman–Crippen MR) is 121 cm³/mol. The van der Waals surface area contributed by atoms with Gasteiger partial charge in [-0.2, -0.15) is 4.31 Å². The highest BCUT2D eigenvalue weighted by Gasteiger charge is 2.31. The highest BCUT2D eigenvalue weighted by Crippen LogP contribution is 2.33. The third kappa shape index (κ3) is 3.91. The molecule has 0 saturated carbocycles. The van der Waals surface area contributed by atoms with Gasteiger partial charge in [0.1, 0.15) is 0 Å². The van der Waals surface area contributed by atoms with Gasteiger partial charge in [-0.1, -0.05) is 30.3 Å². The topological polar surface area (TPSA) is 76.2 Å². The molecule has 0 N–H and O–H groups in total. The van der Waals surface area contributed by atoms with E-state index < -0.39 is 10.0 Å². The van der Waals surface area contributed by atoms with Crippen LogP contribution < -0.4 is 9.47 Å². The van der Waals surface area contributed by atoms with Gasteiger partial charge in [-0.3, -0.25) is 4.79 Å². The fraction of sp³-hybridized carbons (Fsp3) is 0.292. The van der Waals surface area contributed by atoms with Crippen molar-refractivity contribution in [1.82, 2.24) is 9.21 Å². The Morgan fingerprint density at radius 1 is 0.781 bits per heavy atom. The van der Waals surface area contributed by atoms with E-state index in [2.05, 4.69) is 0 Å². The van der Waals surface area contributed by atoms with Crippen molar-refractivity contribution in [3.8, 4) is 11.5 Å². The van der Waals surface area contributed by atoms with Crippen LogP contribution in [0.1, 0.15) is 16.8 Å². The quantitative estimate of drug-likeness (QED) is 0.610. The third-order valence-electron chi connectivity index (χ3n) is 5.88. The zero-order chi connectivity index (χ0) is 22.1. The number of carbonyl (C=O) groups is 1. The molecule has 2 aliphatic heterocycles. The van der Waals surface area contributed by atoms with Crippen molar-refractivity contribution in [2.75, 3.05) is 39.4 Å². The molecule has 0 aromatic heterocycles. The summed E-state index contributed by atoms with van der Waals surface area (Å²) in [5.74, 6) is 0.935. The number of fused-ring (bicyclic) bond motifs is 2. The van der Waals surface area contributed by atoms with E-state index in [-0.39, 0.29) is 23.9 Å². The normalized spacial score (nSPS) is 17.2. The Balaban J connectivity index is 1.29. The van der Waals surface area contributed by atoms with Gasteiger partial charge in [0.25, 0.3) is 5.91 Å². The molecule has 8 heteroatoms. The number of carbonyl (C=O) groups excluding carboxylic acids is 1. The number of hydrogen-bond acceptors (Lipinski definition) is 5. The lowest BCUT2D eigenvalue weighted by atomic mass is 10.1. The van der Waals surface area contributed by atoms with Gasteiger partial charge >= 0.3 is 0 Å². The highest BCUT2D eigenvalue weighted by molar-refractivity contribution is 7.89. The predicted octanol–water partition coefficient (Wildman–Crippen LogP) is 3.15. The van der Waals surface area contributed by atoms with Crippen LogP contribution in [0.2, 0.25) is 0 Å². The second-order valence-electron chi connectivity index (χ2n) is 7.92. The molecule has 0 aliphatic carbocycles. The molecule has 2 heterocycles. The van der Waals surface area contributed by atoms with E-state index in [9.17, 15) is 13.2 Å². The Labute approximate surface area is 187 Å². The van der Waals surface area contributed by atoms with Crippen molar-refractivity contribution in [3.05, 3.63) is 66.2 Å². The molecule has 1 saturated heterocycles. The average Bonchev–Trinajstić information content (AvgIpc) is 3.08. The number of ether oxygens (including phenoxy) is 2. The molecule has 0 spiro atoms. The lowest BCUT2D eigenvalue weighted by Crippen LogP contribution is -2.50. The molecule has 5 rings (SSSR count). The van der Waals surface area contributed by atoms with E-state index in [1.807, 2.05) is 42.5 Å². The van der Waals surface area contributed by atoms with Crippen LogP contribution in [0, 0.1) is 0 Å². The molecule has 3 aromatic rings. The minimum Gasteiger partial charge on any atom is -0.490 e. The zero-order valence-corrected chi connectivity index (χ0v) is 18.4. The first-order chi connectivity index (χ1) is 15.5. The van der Waals surface area contributed by atoms with Crippen molar-refractivity contribution < 1.29 is 22.7 Å². The molecule has 7 nitrogen and oxygen atoms in total. The van der Waals surface area contributed by atoms with Gasteiger partial charge < -0.3 is 14.4 Å². The van der Waals surface area contributed by atoms with E-state index in [0.29, 0.717) is 43.4 Å². The summed E-state index contributed by atoms with van der Waals surface area (Å²) >= 11 is 0. The number of sulfonamides is 1. The highest BCUT2D eigenvalue weighted by atomic mass is 32.2. The van der Waals surface area contributed by atoms with Gasteiger partial charge in [0, 0.05) is 44.2 Å². The molecule has 1 fully saturated rings. The van der Waals surface area contributed by atoms with E-state index in [0.717, 1.165) is 17.2 Å². The maximum Gasteiger partial charge on any atom is 0.253 e. The Morgan fingerprint density at radius 2 is 1.50 bits per heavy atom. The van der Waals surface area contributed by atoms with Crippen molar-refractivity contribution >= 4 is 26.7 Å². The largest absolute Gasteiger partial charge is 0.490 e. The first-order valence-electron chi connectivity index (χ1n) is 10.7. The van der Waals surface area contributed by atoms with E-state index in [4.69, 9.17) is 9.47 Å². The first kappa shape index (κ1) is 20.8. The lowest BCUT2D eigenvalue weighted by Gasteiger charge is -2.34. The summed E-state index contributed by atoms with van der Waals surface area (Å²) in [6.45, 7) is 2.22. The minimum absolute atomic E-state index is 0.0802. The van der Waals surface area contributed by atoms with Crippen LogP contribution in [0.15, 0.2) is 65.6 Å². The number of amides is 1. The van der Waals surface area contributed by atoms with E-state index in [1.165, 1.54) is 10.4 Å². The van der Waals surface area contributed by atoms with Gasteiger partial charge in [0.15, 0.2) is 11.5 Å². The fourth-order valence-corrected chi connectivity index (χ4v) is 5.53. The van der Waals surface area contributed by atoms with Gasteiger partial charge in [-0.05, 0) is 35.0 Å².